The molecule has 2 aliphatic rings. The zero-order valence-corrected chi connectivity index (χ0v) is 14.5. The highest BCUT2D eigenvalue weighted by Gasteiger charge is 2.17. The molecule has 0 saturated carbocycles. The molecule has 24 heavy (non-hydrogen) atoms. The highest BCUT2D eigenvalue weighted by molar-refractivity contribution is 5.93. The third kappa shape index (κ3) is 4.42. The van der Waals surface area contributed by atoms with Crippen molar-refractivity contribution in [2.75, 3.05) is 64.4 Å². The number of carbonyl (C=O) groups excluding carboxylic acids is 1. The SMILES string of the molecule is CN(CCN1CCCCC1)C(=O)c1cnc(N2CCOCC2)nc1. The first-order chi connectivity index (χ1) is 11.7. The maximum absolute atomic E-state index is 12.5. The van der Waals surface area contributed by atoms with Crippen molar-refractivity contribution in [2.24, 2.45) is 0 Å². The molecule has 7 nitrogen and oxygen atoms in total. The van der Waals surface area contributed by atoms with Crippen LogP contribution in [-0.2, 0) is 4.74 Å². The number of aromatic nitrogens is 2. The fourth-order valence-electron chi connectivity index (χ4n) is 3.15. The second-order valence-corrected chi connectivity index (χ2v) is 6.50. The zero-order chi connectivity index (χ0) is 16.8. The van der Waals surface area contributed by atoms with Crippen LogP contribution in [0.25, 0.3) is 0 Å². The van der Waals surface area contributed by atoms with E-state index in [1.54, 1.807) is 17.3 Å². The van der Waals surface area contributed by atoms with Gasteiger partial charge in [-0.1, -0.05) is 6.42 Å². The average Bonchev–Trinajstić information content (AvgIpc) is 2.67. The Kier molecular flexibility index (Phi) is 5.98. The van der Waals surface area contributed by atoms with Gasteiger partial charge >= 0.3 is 0 Å². The molecule has 0 unspecified atom stereocenters. The second kappa shape index (κ2) is 8.39. The monoisotopic (exact) mass is 333 g/mol. The summed E-state index contributed by atoms with van der Waals surface area (Å²) in [6.07, 6.45) is 7.15. The van der Waals surface area contributed by atoms with Crippen LogP contribution in [-0.4, -0.2) is 85.2 Å². The molecular formula is C17H27N5O2. The molecule has 132 valence electrons. The first kappa shape index (κ1) is 17.1. The van der Waals surface area contributed by atoms with Crippen LogP contribution in [0.5, 0.6) is 0 Å². The predicted molar refractivity (Wildman–Crippen MR) is 92.3 cm³/mol. The van der Waals surface area contributed by atoms with Crippen molar-refractivity contribution in [1.82, 2.24) is 19.8 Å². The molecule has 0 radical (unpaired) electrons. The molecular weight excluding hydrogens is 306 g/mol. The lowest BCUT2D eigenvalue weighted by Gasteiger charge is -2.28. The van der Waals surface area contributed by atoms with Crippen LogP contribution >= 0.6 is 0 Å². The van der Waals surface area contributed by atoms with E-state index in [9.17, 15) is 4.79 Å². The molecule has 1 aromatic rings. The minimum absolute atomic E-state index is 0.0134. The van der Waals surface area contributed by atoms with Crippen molar-refractivity contribution in [3.8, 4) is 0 Å². The number of likely N-dealkylation sites (N-methyl/N-ethyl adjacent to an activating group) is 1. The Morgan fingerprint density at radius 3 is 2.46 bits per heavy atom. The van der Waals surface area contributed by atoms with E-state index in [0.29, 0.717) is 24.7 Å². The largest absolute Gasteiger partial charge is 0.378 e. The van der Waals surface area contributed by atoms with Crippen molar-refractivity contribution in [3.05, 3.63) is 18.0 Å². The topological polar surface area (TPSA) is 61.8 Å². The van der Waals surface area contributed by atoms with Gasteiger partial charge in [0.25, 0.3) is 5.91 Å². The van der Waals surface area contributed by atoms with Crippen LogP contribution in [0.4, 0.5) is 5.95 Å². The Morgan fingerprint density at radius 2 is 1.79 bits per heavy atom. The molecule has 3 rings (SSSR count). The van der Waals surface area contributed by atoms with E-state index in [1.807, 2.05) is 7.05 Å². The van der Waals surface area contributed by atoms with E-state index >= 15 is 0 Å². The van der Waals surface area contributed by atoms with E-state index in [4.69, 9.17) is 4.74 Å². The molecule has 7 heteroatoms. The van der Waals surface area contributed by atoms with Gasteiger partial charge < -0.3 is 19.4 Å². The molecule has 2 saturated heterocycles. The molecule has 0 bridgehead atoms. The van der Waals surface area contributed by atoms with Crippen molar-refractivity contribution < 1.29 is 9.53 Å². The van der Waals surface area contributed by atoms with E-state index in [0.717, 1.165) is 39.3 Å². The molecule has 0 aliphatic carbocycles. The first-order valence-corrected chi connectivity index (χ1v) is 8.86. The van der Waals surface area contributed by atoms with Gasteiger partial charge in [0.15, 0.2) is 0 Å². The summed E-state index contributed by atoms with van der Waals surface area (Å²) >= 11 is 0. The number of likely N-dealkylation sites (tertiary alicyclic amines) is 1. The Morgan fingerprint density at radius 1 is 1.12 bits per heavy atom. The number of morpholine rings is 1. The number of nitrogens with zero attached hydrogens (tertiary/aromatic N) is 5. The van der Waals surface area contributed by atoms with Crippen molar-refractivity contribution in [3.63, 3.8) is 0 Å². The number of piperidine rings is 1. The summed E-state index contributed by atoms with van der Waals surface area (Å²) in [4.78, 5) is 27.5. The number of hydrogen-bond acceptors (Lipinski definition) is 6. The number of rotatable bonds is 5. The number of carbonyl (C=O) groups is 1. The Balaban J connectivity index is 1.51. The summed E-state index contributed by atoms with van der Waals surface area (Å²) in [5.74, 6) is 0.659. The summed E-state index contributed by atoms with van der Waals surface area (Å²) in [5.41, 5.74) is 0.549. The van der Waals surface area contributed by atoms with Crippen LogP contribution < -0.4 is 4.90 Å². The first-order valence-electron chi connectivity index (χ1n) is 8.86. The van der Waals surface area contributed by atoms with Gasteiger partial charge in [-0.15, -0.1) is 0 Å². The maximum atomic E-state index is 12.5. The number of amides is 1. The normalized spacial score (nSPS) is 19.3. The van der Waals surface area contributed by atoms with Gasteiger partial charge in [0.05, 0.1) is 18.8 Å². The lowest BCUT2D eigenvalue weighted by Crippen LogP contribution is -2.39. The third-order valence-electron chi connectivity index (χ3n) is 4.73. The van der Waals surface area contributed by atoms with E-state index in [2.05, 4.69) is 19.8 Å². The quantitative estimate of drug-likeness (QED) is 0.797. The van der Waals surface area contributed by atoms with Gasteiger partial charge in [0.1, 0.15) is 0 Å². The molecule has 0 aromatic carbocycles. The summed E-state index contributed by atoms with van der Waals surface area (Å²) < 4.78 is 5.33. The Hall–Kier alpha value is -1.73. The lowest BCUT2D eigenvalue weighted by molar-refractivity contribution is 0.0772. The van der Waals surface area contributed by atoms with Crippen molar-refractivity contribution in [2.45, 2.75) is 19.3 Å². The fraction of sp³-hybridized carbons (Fsp3) is 0.706. The Labute approximate surface area is 143 Å². The van der Waals surface area contributed by atoms with Crippen LogP contribution in [0, 0.1) is 0 Å². The van der Waals surface area contributed by atoms with Crippen LogP contribution in [0.3, 0.4) is 0 Å². The zero-order valence-electron chi connectivity index (χ0n) is 14.5. The minimum atomic E-state index is -0.0134. The van der Waals surface area contributed by atoms with Gasteiger partial charge in [-0.2, -0.15) is 0 Å². The predicted octanol–water partition coefficient (Wildman–Crippen LogP) is 0.871. The van der Waals surface area contributed by atoms with Gasteiger partial charge in [-0.25, -0.2) is 9.97 Å². The molecule has 1 amide bonds. The molecule has 0 N–H and O–H groups in total. The summed E-state index contributed by atoms with van der Waals surface area (Å²) in [6, 6.07) is 0. The summed E-state index contributed by atoms with van der Waals surface area (Å²) in [7, 11) is 1.85. The lowest BCUT2D eigenvalue weighted by atomic mass is 10.1. The highest BCUT2D eigenvalue weighted by atomic mass is 16.5. The van der Waals surface area contributed by atoms with Crippen LogP contribution in [0.1, 0.15) is 29.6 Å². The minimum Gasteiger partial charge on any atom is -0.378 e. The second-order valence-electron chi connectivity index (χ2n) is 6.50. The van der Waals surface area contributed by atoms with Crippen molar-refractivity contribution >= 4 is 11.9 Å². The van der Waals surface area contributed by atoms with E-state index in [-0.39, 0.29) is 5.91 Å². The number of hydrogen-bond donors (Lipinski definition) is 0. The molecule has 2 fully saturated rings. The fourth-order valence-corrected chi connectivity index (χ4v) is 3.15. The molecule has 2 aliphatic heterocycles. The van der Waals surface area contributed by atoms with Gasteiger partial charge in [0, 0.05) is 45.6 Å². The molecule has 1 aromatic heterocycles. The molecule has 0 spiro atoms. The maximum Gasteiger partial charge on any atom is 0.256 e. The van der Waals surface area contributed by atoms with Gasteiger partial charge in [-0.3, -0.25) is 4.79 Å². The van der Waals surface area contributed by atoms with Gasteiger partial charge in [0.2, 0.25) is 5.95 Å². The van der Waals surface area contributed by atoms with E-state index in [1.165, 1.54) is 19.3 Å². The smallest absolute Gasteiger partial charge is 0.256 e. The van der Waals surface area contributed by atoms with Crippen molar-refractivity contribution in [1.29, 1.82) is 0 Å². The Bertz CT molecular complexity index is 524. The summed E-state index contributed by atoms with van der Waals surface area (Å²) in [5, 5.41) is 0. The highest BCUT2D eigenvalue weighted by Crippen LogP contribution is 2.11. The van der Waals surface area contributed by atoms with E-state index < -0.39 is 0 Å². The van der Waals surface area contributed by atoms with Crippen LogP contribution in [0.15, 0.2) is 12.4 Å². The molecule has 0 atom stereocenters. The standard InChI is InChI=1S/C17H27N5O2/c1-20(7-8-21-5-3-2-4-6-21)16(23)15-13-18-17(19-14-15)22-9-11-24-12-10-22/h13-14H,2-12H2,1H3. The summed E-state index contributed by atoms with van der Waals surface area (Å²) in [6.45, 7) is 6.97. The third-order valence-corrected chi connectivity index (χ3v) is 4.73. The average molecular weight is 333 g/mol. The molecule has 3 heterocycles. The number of anilines is 1. The van der Waals surface area contributed by atoms with Crippen LogP contribution in [0.2, 0.25) is 0 Å². The van der Waals surface area contributed by atoms with Gasteiger partial charge in [-0.05, 0) is 25.9 Å². The number of ether oxygens (including phenoxy) is 1.